The monoisotopic (exact) mass is 551 g/mol. The van der Waals surface area contributed by atoms with E-state index in [4.69, 9.17) is 27.9 Å². The van der Waals surface area contributed by atoms with Crippen molar-refractivity contribution < 1.29 is 23.9 Å². The highest BCUT2D eigenvalue weighted by Gasteiger charge is 2.39. The minimum Gasteiger partial charge on any atom is -0.462 e. The highest BCUT2D eigenvalue weighted by atomic mass is 35.5. The van der Waals surface area contributed by atoms with Crippen LogP contribution in [0.5, 0.6) is 0 Å². The van der Waals surface area contributed by atoms with E-state index in [1.807, 2.05) is 6.92 Å². The maximum Gasteiger partial charge on any atom is 0.338 e. The van der Waals surface area contributed by atoms with Crippen LogP contribution in [0.15, 0.2) is 83.5 Å². The summed E-state index contributed by atoms with van der Waals surface area (Å²) in [5.41, 5.74) is 1.63. The van der Waals surface area contributed by atoms with E-state index in [9.17, 15) is 19.2 Å². The lowest BCUT2D eigenvalue weighted by atomic mass is 10.1. The molecule has 0 saturated carbocycles. The van der Waals surface area contributed by atoms with Gasteiger partial charge in [-0.2, -0.15) is 0 Å². The predicted molar refractivity (Wildman–Crippen MR) is 146 cm³/mol. The molecule has 0 unspecified atom stereocenters. The summed E-state index contributed by atoms with van der Waals surface area (Å²) >= 11 is 12.2. The van der Waals surface area contributed by atoms with Crippen molar-refractivity contribution >= 4 is 64.0 Å². The Morgan fingerprint density at radius 1 is 0.868 bits per heavy atom. The van der Waals surface area contributed by atoms with Gasteiger partial charge >= 0.3 is 5.97 Å². The molecule has 0 saturated heterocycles. The van der Waals surface area contributed by atoms with Crippen LogP contribution in [0.1, 0.15) is 40.5 Å². The molecule has 3 aromatic carbocycles. The number of nitrogens with one attached hydrogen (secondary N) is 2. The van der Waals surface area contributed by atoms with E-state index in [0.29, 0.717) is 34.1 Å². The highest BCUT2D eigenvalue weighted by molar-refractivity contribution is 6.53. The van der Waals surface area contributed by atoms with Gasteiger partial charge in [-0.15, -0.1) is 0 Å². The van der Waals surface area contributed by atoms with Crippen molar-refractivity contribution in [2.75, 3.05) is 22.1 Å². The summed E-state index contributed by atoms with van der Waals surface area (Å²) in [6.45, 7) is 2.31. The van der Waals surface area contributed by atoms with Crippen molar-refractivity contribution in [1.82, 2.24) is 0 Å². The molecule has 3 amide bonds. The van der Waals surface area contributed by atoms with Crippen molar-refractivity contribution in [3.05, 3.63) is 99.7 Å². The largest absolute Gasteiger partial charge is 0.462 e. The lowest BCUT2D eigenvalue weighted by Gasteiger charge is -2.15. The second kappa shape index (κ2) is 11.9. The summed E-state index contributed by atoms with van der Waals surface area (Å²) < 4.78 is 5.18. The highest BCUT2D eigenvalue weighted by Crippen LogP contribution is 2.30. The summed E-state index contributed by atoms with van der Waals surface area (Å²) in [6.07, 6.45) is 1.66. The topological polar surface area (TPSA) is 105 Å². The fourth-order valence-electron chi connectivity index (χ4n) is 3.64. The standard InChI is InChI=1S/C28H23Cl2N3O5/c1-2-3-14-38-28(37)17-10-12-22(13-11-17)33-26(35)23(30)24(27(33)36)31-20-8-4-6-18(15-20)25(34)32-21-9-5-7-19(29)16-21/h4-13,15-16,31H,2-3,14H2,1H3,(H,32,34). The molecular weight excluding hydrogens is 529 g/mol. The van der Waals surface area contributed by atoms with Gasteiger partial charge in [0.1, 0.15) is 10.7 Å². The summed E-state index contributed by atoms with van der Waals surface area (Å²) in [7, 11) is 0. The van der Waals surface area contributed by atoms with Gasteiger partial charge in [-0.1, -0.05) is 48.7 Å². The first kappa shape index (κ1) is 26.9. The number of rotatable bonds is 9. The number of anilines is 3. The average Bonchev–Trinajstić information content (AvgIpc) is 3.12. The van der Waals surface area contributed by atoms with E-state index < -0.39 is 17.8 Å². The summed E-state index contributed by atoms with van der Waals surface area (Å²) in [6, 6.07) is 19.0. The number of carbonyl (C=O) groups excluding carboxylic acids is 4. The molecule has 8 nitrogen and oxygen atoms in total. The van der Waals surface area contributed by atoms with Gasteiger partial charge in [0.05, 0.1) is 17.9 Å². The Morgan fingerprint density at radius 3 is 2.29 bits per heavy atom. The molecule has 0 aromatic heterocycles. The minimum absolute atomic E-state index is 0.132. The van der Waals surface area contributed by atoms with Crippen LogP contribution in [-0.4, -0.2) is 30.3 Å². The lowest BCUT2D eigenvalue weighted by Crippen LogP contribution is -2.32. The summed E-state index contributed by atoms with van der Waals surface area (Å²) in [5.74, 6) is -2.26. The molecule has 38 heavy (non-hydrogen) atoms. The molecule has 10 heteroatoms. The van der Waals surface area contributed by atoms with Gasteiger partial charge in [-0.3, -0.25) is 14.4 Å². The third-order valence-electron chi connectivity index (χ3n) is 5.60. The second-order valence-electron chi connectivity index (χ2n) is 8.34. The Morgan fingerprint density at radius 2 is 1.58 bits per heavy atom. The molecule has 1 heterocycles. The molecular formula is C28H23Cl2N3O5. The number of ether oxygens (including phenoxy) is 1. The first-order chi connectivity index (χ1) is 18.3. The first-order valence-electron chi connectivity index (χ1n) is 11.8. The Labute approximate surface area is 229 Å². The third kappa shape index (κ3) is 6.04. The molecule has 194 valence electrons. The van der Waals surface area contributed by atoms with Crippen molar-refractivity contribution in [1.29, 1.82) is 0 Å². The maximum absolute atomic E-state index is 13.1. The Kier molecular flexibility index (Phi) is 8.45. The number of halogens is 2. The van der Waals surface area contributed by atoms with Crippen LogP contribution in [-0.2, 0) is 14.3 Å². The lowest BCUT2D eigenvalue weighted by molar-refractivity contribution is -0.120. The van der Waals surface area contributed by atoms with Crippen LogP contribution < -0.4 is 15.5 Å². The fourth-order valence-corrected chi connectivity index (χ4v) is 4.04. The molecule has 0 bridgehead atoms. The van der Waals surface area contributed by atoms with Crippen molar-refractivity contribution in [2.45, 2.75) is 19.8 Å². The number of carbonyl (C=O) groups is 4. The Balaban J connectivity index is 1.46. The number of esters is 1. The van der Waals surface area contributed by atoms with Crippen LogP contribution in [0.4, 0.5) is 17.1 Å². The number of benzene rings is 3. The van der Waals surface area contributed by atoms with Gasteiger partial charge in [-0.05, 0) is 67.1 Å². The van der Waals surface area contributed by atoms with E-state index in [-0.39, 0.29) is 22.3 Å². The van der Waals surface area contributed by atoms with E-state index in [2.05, 4.69) is 10.6 Å². The van der Waals surface area contributed by atoms with Crippen LogP contribution in [0.2, 0.25) is 5.02 Å². The number of hydrogen-bond acceptors (Lipinski definition) is 6. The van der Waals surface area contributed by atoms with Gasteiger partial charge in [0, 0.05) is 22.0 Å². The molecule has 0 aliphatic carbocycles. The zero-order valence-electron chi connectivity index (χ0n) is 20.3. The van der Waals surface area contributed by atoms with E-state index >= 15 is 0 Å². The average molecular weight is 552 g/mol. The van der Waals surface area contributed by atoms with Gasteiger partial charge in [0.15, 0.2) is 0 Å². The molecule has 1 aliphatic rings. The number of hydrogen-bond donors (Lipinski definition) is 2. The predicted octanol–water partition coefficient (Wildman–Crippen LogP) is 5.98. The van der Waals surface area contributed by atoms with Crippen molar-refractivity contribution in [3.8, 4) is 0 Å². The quantitative estimate of drug-likeness (QED) is 0.192. The number of amides is 3. The van der Waals surface area contributed by atoms with Crippen LogP contribution in [0, 0.1) is 0 Å². The zero-order valence-corrected chi connectivity index (χ0v) is 21.8. The summed E-state index contributed by atoms with van der Waals surface area (Å²) in [4.78, 5) is 51.7. The zero-order chi connectivity index (χ0) is 27.2. The van der Waals surface area contributed by atoms with Crippen LogP contribution >= 0.6 is 23.2 Å². The molecule has 3 aromatic rings. The molecule has 1 aliphatic heterocycles. The van der Waals surface area contributed by atoms with Gasteiger partial charge in [0.2, 0.25) is 0 Å². The summed E-state index contributed by atoms with van der Waals surface area (Å²) in [5, 5.41) is 5.79. The van der Waals surface area contributed by atoms with Gasteiger partial charge < -0.3 is 15.4 Å². The number of imide groups is 1. The minimum atomic E-state index is -0.715. The molecule has 0 spiro atoms. The third-order valence-corrected chi connectivity index (χ3v) is 6.18. The Bertz CT molecular complexity index is 1440. The van der Waals surface area contributed by atoms with Crippen molar-refractivity contribution in [2.24, 2.45) is 0 Å². The fraction of sp³-hybridized carbons (Fsp3) is 0.143. The van der Waals surface area contributed by atoms with E-state index in [1.165, 1.54) is 30.3 Å². The molecule has 4 rings (SSSR count). The van der Waals surface area contributed by atoms with E-state index in [1.54, 1.807) is 42.5 Å². The van der Waals surface area contributed by atoms with Gasteiger partial charge in [0.25, 0.3) is 17.7 Å². The van der Waals surface area contributed by atoms with E-state index in [0.717, 1.165) is 17.7 Å². The molecule has 2 N–H and O–H groups in total. The smallest absolute Gasteiger partial charge is 0.338 e. The SMILES string of the molecule is CCCCOC(=O)c1ccc(N2C(=O)C(Cl)=C(Nc3cccc(C(=O)Nc4cccc(Cl)c4)c3)C2=O)cc1. The number of unbranched alkanes of at least 4 members (excludes halogenated alkanes) is 1. The van der Waals surface area contributed by atoms with Crippen LogP contribution in [0.3, 0.4) is 0 Å². The Hall–Kier alpha value is -4.14. The molecule has 0 atom stereocenters. The molecule has 0 fully saturated rings. The first-order valence-corrected chi connectivity index (χ1v) is 12.5. The number of nitrogens with zero attached hydrogens (tertiary/aromatic N) is 1. The molecule has 0 radical (unpaired) electrons. The maximum atomic E-state index is 13.1. The van der Waals surface area contributed by atoms with Crippen LogP contribution in [0.25, 0.3) is 0 Å². The van der Waals surface area contributed by atoms with Crippen molar-refractivity contribution in [3.63, 3.8) is 0 Å². The second-order valence-corrected chi connectivity index (χ2v) is 9.16. The van der Waals surface area contributed by atoms with Gasteiger partial charge in [-0.25, -0.2) is 9.69 Å². The normalized spacial score (nSPS) is 13.1.